The number of hydrogen-bond acceptors (Lipinski definition) is 2. The van der Waals surface area contributed by atoms with E-state index in [0.29, 0.717) is 16.9 Å². The van der Waals surface area contributed by atoms with Gasteiger partial charge in [-0.15, -0.1) is 0 Å². The predicted molar refractivity (Wildman–Crippen MR) is 84.5 cm³/mol. The van der Waals surface area contributed by atoms with Crippen LogP contribution in [-0.4, -0.2) is 13.1 Å². The monoisotopic (exact) mass is 291 g/mol. The SMILES string of the molecule is CCCNCC1CCCC1c1cc2cccc(Cl)c2o1. The first kappa shape index (κ1) is 14.0. The molecule has 3 rings (SSSR count). The molecule has 1 aliphatic rings. The Hall–Kier alpha value is -0.990. The predicted octanol–water partition coefficient (Wildman–Crippen LogP) is 4.97. The van der Waals surface area contributed by atoms with Crippen LogP contribution < -0.4 is 5.32 Å². The van der Waals surface area contributed by atoms with Crippen LogP contribution in [0, 0.1) is 5.92 Å². The number of para-hydroxylation sites is 1. The van der Waals surface area contributed by atoms with Crippen molar-refractivity contribution in [3.8, 4) is 0 Å². The Kier molecular flexibility index (Phi) is 4.32. The van der Waals surface area contributed by atoms with Gasteiger partial charge >= 0.3 is 0 Å². The molecule has 2 aromatic rings. The van der Waals surface area contributed by atoms with E-state index in [4.69, 9.17) is 16.0 Å². The zero-order valence-corrected chi connectivity index (χ0v) is 12.7. The molecule has 2 atom stereocenters. The number of hydrogen-bond donors (Lipinski definition) is 1. The van der Waals surface area contributed by atoms with Gasteiger partial charge in [0.25, 0.3) is 0 Å². The number of rotatable bonds is 5. The van der Waals surface area contributed by atoms with Crippen molar-refractivity contribution in [2.24, 2.45) is 5.92 Å². The molecule has 0 spiro atoms. The maximum Gasteiger partial charge on any atom is 0.152 e. The third-order valence-corrected chi connectivity index (χ3v) is 4.67. The van der Waals surface area contributed by atoms with Crippen molar-refractivity contribution >= 4 is 22.6 Å². The van der Waals surface area contributed by atoms with E-state index >= 15 is 0 Å². The maximum absolute atomic E-state index is 6.21. The van der Waals surface area contributed by atoms with E-state index in [2.05, 4.69) is 24.4 Å². The molecule has 0 amide bonds. The summed E-state index contributed by atoms with van der Waals surface area (Å²) in [5.74, 6) is 2.36. The lowest BCUT2D eigenvalue weighted by molar-refractivity contribution is 0.391. The summed E-state index contributed by atoms with van der Waals surface area (Å²) in [6, 6.07) is 8.14. The summed E-state index contributed by atoms with van der Waals surface area (Å²) in [4.78, 5) is 0. The minimum absolute atomic E-state index is 0.544. The van der Waals surface area contributed by atoms with E-state index in [-0.39, 0.29) is 0 Å². The highest BCUT2D eigenvalue weighted by molar-refractivity contribution is 6.34. The number of nitrogens with one attached hydrogen (secondary N) is 1. The molecule has 1 heterocycles. The molecule has 108 valence electrons. The van der Waals surface area contributed by atoms with Crippen LogP contribution in [0.25, 0.3) is 11.0 Å². The van der Waals surface area contributed by atoms with Crippen LogP contribution in [-0.2, 0) is 0 Å². The molecule has 0 bridgehead atoms. The summed E-state index contributed by atoms with van der Waals surface area (Å²) in [5.41, 5.74) is 0.844. The lowest BCUT2D eigenvalue weighted by Gasteiger charge is -2.18. The molecule has 1 fully saturated rings. The van der Waals surface area contributed by atoms with Gasteiger partial charge in [0.2, 0.25) is 0 Å². The molecule has 2 unspecified atom stereocenters. The quantitative estimate of drug-likeness (QED) is 0.787. The third kappa shape index (κ3) is 2.72. The number of fused-ring (bicyclic) bond motifs is 1. The Labute approximate surface area is 125 Å². The summed E-state index contributed by atoms with van der Waals surface area (Å²) in [6.07, 6.45) is 5.02. The van der Waals surface area contributed by atoms with Crippen molar-refractivity contribution in [2.45, 2.75) is 38.5 Å². The average Bonchev–Trinajstić information content (AvgIpc) is 3.05. The first-order valence-corrected chi connectivity index (χ1v) is 8.06. The van der Waals surface area contributed by atoms with Crippen molar-refractivity contribution in [3.05, 3.63) is 35.0 Å². The van der Waals surface area contributed by atoms with Crippen molar-refractivity contribution < 1.29 is 4.42 Å². The van der Waals surface area contributed by atoms with Crippen LogP contribution in [0.5, 0.6) is 0 Å². The van der Waals surface area contributed by atoms with Crippen molar-refractivity contribution in [3.63, 3.8) is 0 Å². The van der Waals surface area contributed by atoms with Crippen molar-refractivity contribution in [1.82, 2.24) is 5.32 Å². The second-order valence-corrected chi connectivity index (χ2v) is 6.22. The molecular formula is C17H22ClNO. The van der Waals surface area contributed by atoms with E-state index in [9.17, 15) is 0 Å². The van der Waals surface area contributed by atoms with E-state index in [0.717, 1.165) is 29.8 Å². The lowest BCUT2D eigenvalue weighted by atomic mass is 9.93. The molecule has 20 heavy (non-hydrogen) atoms. The summed E-state index contributed by atoms with van der Waals surface area (Å²) in [5, 5.41) is 5.39. The number of furan rings is 1. The summed E-state index contributed by atoms with van der Waals surface area (Å²) < 4.78 is 6.06. The second-order valence-electron chi connectivity index (χ2n) is 5.81. The Balaban J connectivity index is 1.80. The van der Waals surface area contributed by atoms with E-state index in [1.807, 2.05) is 12.1 Å². The maximum atomic E-state index is 6.21. The van der Waals surface area contributed by atoms with Gasteiger partial charge < -0.3 is 9.73 Å². The van der Waals surface area contributed by atoms with Crippen LogP contribution in [0.2, 0.25) is 5.02 Å². The Bertz CT molecular complexity index is 577. The molecule has 1 N–H and O–H groups in total. The van der Waals surface area contributed by atoms with Crippen LogP contribution in [0.1, 0.15) is 44.3 Å². The Morgan fingerprint density at radius 1 is 1.35 bits per heavy atom. The summed E-state index contributed by atoms with van der Waals surface area (Å²) in [6.45, 7) is 4.42. The highest BCUT2D eigenvalue weighted by atomic mass is 35.5. The molecule has 0 aliphatic heterocycles. The fourth-order valence-electron chi connectivity index (χ4n) is 3.35. The smallest absolute Gasteiger partial charge is 0.152 e. The van der Waals surface area contributed by atoms with Gasteiger partial charge in [0.1, 0.15) is 5.76 Å². The van der Waals surface area contributed by atoms with E-state index in [1.54, 1.807) is 0 Å². The van der Waals surface area contributed by atoms with Gasteiger partial charge in [-0.25, -0.2) is 0 Å². The Morgan fingerprint density at radius 3 is 3.05 bits per heavy atom. The minimum atomic E-state index is 0.544. The van der Waals surface area contributed by atoms with Gasteiger partial charge in [0.05, 0.1) is 5.02 Å². The van der Waals surface area contributed by atoms with Crippen molar-refractivity contribution in [1.29, 1.82) is 0 Å². The fourth-order valence-corrected chi connectivity index (χ4v) is 3.57. The molecule has 0 saturated heterocycles. The largest absolute Gasteiger partial charge is 0.459 e. The van der Waals surface area contributed by atoms with Crippen LogP contribution in [0.3, 0.4) is 0 Å². The highest BCUT2D eigenvalue weighted by Crippen LogP contribution is 2.42. The first-order chi connectivity index (χ1) is 9.79. The standard InChI is InChI=1S/C17H22ClNO/c1-2-9-19-11-13-6-3-7-14(13)16-10-12-5-4-8-15(18)17(12)20-16/h4-5,8,10,13-14,19H,2-3,6-7,9,11H2,1H3. The number of halogens is 1. The third-order valence-electron chi connectivity index (χ3n) is 4.37. The van der Waals surface area contributed by atoms with Gasteiger partial charge in [-0.2, -0.15) is 0 Å². The summed E-state index contributed by atoms with van der Waals surface area (Å²) in [7, 11) is 0. The zero-order valence-electron chi connectivity index (χ0n) is 12.0. The first-order valence-electron chi connectivity index (χ1n) is 7.68. The highest BCUT2D eigenvalue weighted by Gasteiger charge is 2.30. The number of benzene rings is 1. The average molecular weight is 292 g/mol. The lowest BCUT2D eigenvalue weighted by Crippen LogP contribution is -2.25. The summed E-state index contributed by atoms with van der Waals surface area (Å²) >= 11 is 6.21. The van der Waals surface area contributed by atoms with Crippen LogP contribution in [0.15, 0.2) is 28.7 Å². The molecule has 1 saturated carbocycles. The molecule has 2 nitrogen and oxygen atoms in total. The molecule has 1 aliphatic carbocycles. The van der Waals surface area contributed by atoms with Crippen molar-refractivity contribution in [2.75, 3.05) is 13.1 Å². The van der Waals surface area contributed by atoms with Gasteiger partial charge in [0.15, 0.2) is 5.58 Å². The van der Waals surface area contributed by atoms with Crippen LogP contribution >= 0.6 is 11.6 Å². The molecular weight excluding hydrogens is 270 g/mol. The Morgan fingerprint density at radius 2 is 2.25 bits per heavy atom. The second kappa shape index (κ2) is 6.19. The molecule has 1 aromatic heterocycles. The zero-order chi connectivity index (χ0) is 13.9. The topological polar surface area (TPSA) is 25.2 Å². The van der Waals surface area contributed by atoms with Gasteiger partial charge in [0, 0.05) is 11.3 Å². The van der Waals surface area contributed by atoms with Gasteiger partial charge in [-0.1, -0.05) is 37.1 Å². The minimum Gasteiger partial charge on any atom is -0.459 e. The molecule has 0 radical (unpaired) electrons. The van der Waals surface area contributed by atoms with E-state index in [1.165, 1.54) is 25.7 Å². The normalized spacial score (nSPS) is 22.7. The van der Waals surface area contributed by atoms with Gasteiger partial charge in [-0.3, -0.25) is 0 Å². The fraction of sp³-hybridized carbons (Fsp3) is 0.529. The van der Waals surface area contributed by atoms with Crippen LogP contribution in [0.4, 0.5) is 0 Å². The molecule has 1 aromatic carbocycles. The van der Waals surface area contributed by atoms with E-state index < -0.39 is 0 Å². The van der Waals surface area contributed by atoms with Gasteiger partial charge in [-0.05, 0) is 50.4 Å². The molecule has 3 heteroatoms.